The highest BCUT2D eigenvalue weighted by Crippen LogP contribution is 2.24. The minimum atomic E-state index is -3.74. The van der Waals surface area contributed by atoms with Crippen LogP contribution < -0.4 is 15.2 Å². The molecule has 0 aliphatic rings. The first-order chi connectivity index (χ1) is 13.9. The standard InChI is InChI=1S/C20H13N3O4S2/c21-29(25,26)14-8-5-12(6-9-14)17-10-7-13(27-17)11-18-19(24)23-16-4-2-1-3-15(16)22-20(23)28-18/h1-11H,(H2,21,25,26)/b18-11-. The third-order valence-corrected chi connectivity index (χ3v) is 6.41. The molecule has 0 spiro atoms. The molecule has 0 atom stereocenters. The maximum Gasteiger partial charge on any atom is 0.275 e. The van der Waals surface area contributed by atoms with Gasteiger partial charge in [0.1, 0.15) is 16.1 Å². The highest BCUT2D eigenvalue weighted by atomic mass is 32.2. The van der Waals surface area contributed by atoms with E-state index in [0.717, 1.165) is 11.0 Å². The maximum absolute atomic E-state index is 12.8. The summed E-state index contributed by atoms with van der Waals surface area (Å²) in [6.45, 7) is 0. The van der Waals surface area contributed by atoms with Crippen molar-refractivity contribution in [1.82, 2.24) is 9.38 Å². The number of nitrogens with two attached hydrogens (primary N) is 1. The number of sulfonamides is 1. The van der Waals surface area contributed by atoms with Gasteiger partial charge >= 0.3 is 0 Å². The summed E-state index contributed by atoms with van der Waals surface area (Å²) < 4.78 is 30.7. The van der Waals surface area contributed by atoms with E-state index in [1.165, 1.54) is 23.5 Å². The summed E-state index contributed by atoms with van der Waals surface area (Å²) in [7, 11) is -3.74. The fraction of sp³-hybridized carbons (Fsp3) is 0. The molecule has 0 fully saturated rings. The molecule has 0 bridgehead atoms. The minimum absolute atomic E-state index is 0.0322. The number of aromatic nitrogens is 2. The topological polar surface area (TPSA) is 108 Å². The molecule has 0 unspecified atom stereocenters. The quantitative estimate of drug-likeness (QED) is 0.479. The van der Waals surface area contributed by atoms with E-state index in [2.05, 4.69) is 4.98 Å². The van der Waals surface area contributed by atoms with Crippen LogP contribution in [0, 0.1) is 0 Å². The lowest BCUT2D eigenvalue weighted by atomic mass is 10.2. The van der Waals surface area contributed by atoms with Gasteiger partial charge in [-0.2, -0.15) is 0 Å². The number of hydrogen-bond acceptors (Lipinski definition) is 6. The summed E-state index contributed by atoms with van der Waals surface area (Å²) in [5, 5.41) is 5.12. The molecule has 0 aliphatic carbocycles. The first kappa shape index (κ1) is 17.8. The Bertz CT molecular complexity index is 1590. The molecule has 144 valence electrons. The van der Waals surface area contributed by atoms with Crippen molar-refractivity contribution in [3.63, 3.8) is 0 Å². The number of imidazole rings is 1. The molecule has 0 aliphatic heterocycles. The lowest BCUT2D eigenvalue weighted by Gasteiger charge is -2.00. The molecular weight excluding hydrogens is 410 g/mol. The predicted molar refractivity (Wildman–Crippen MR) is 111 cm³/mol. The third-order valence-electron chi connectivity index (χ3n) is 4.51. The fourth-order valence-electron chi connectivity index (χ4n) is 3.14. The number of furan rings is 1. The highest BCUT2D eigenvalue weighted by molar-refractivity contribution is 7.89. The second kappa shape index (κ2) is 6.38. The molecule has 9 heteroatoms. The van der Waals surface area contributed by atoms with Gasteiger partial charge < -0.3 is 4.42 Å². The number of fused-ring (bicyclic) bond motifs is 3. The Kier molecular flexibility index (Phi) is 3.91. The van der Waals surface area contributed by atoms with E-state index in [1.807, 2.05) is 24.3 Å². The molecule has 0 saturated heterocycles. The number of primary sulfonamides is 1. The lowest BCUT2D eigenvalue weighted by molar-refractivity contribution is 0.571. The molecule has 0 radical (unpaired) electrons. The van der Waals surface area contributed by atoms with E-state index < -0.39 is 10.0 Å². The largest absolute Gasteiger partial charge is 0.457 e. The van der Waals surface area contributed by atoms with Crippen molar-refractivity contribution < 1.29 is 12.8 Å². The Balaban J connectivity index is 1.55. The summed E-state index contributed by atoms with van der Waals surface area (Å²) in [5.74, 6) is 1.07. The molecule has 2 N–H and O–H groups in total. The zero-order valence-electron chi connectivity index (χ0n) is 14.8. The van der Waals surface area contributed by atoms with Crippen molar-refractivity contribution in [2.24, 2.45) is 5.14 Å². The summed E-state index contributed by atoms with van der Waals surface area (Å²) >= 11 is 1.30. The average Bonchev–Trinajstić information content (AvgIpc) is 3.37. The number of thiazole rings is 1. The van der Waals surface area contributed by atoms with Crippen LogP contribution in [0.5, 0.6) is 0 Å². The van der Waals surface area contributed by atoms with Gasteiger partial charge in [0.15, 0.2) is 4.96 Å². The second-order valence-electron chi connectivity index (χ2n) is 6.41. The molecule has 29 heavy (non-hydrogen) atoms. The number of nitrogens with zero attached hydrogens (tertiary/aromatic N) is 2. The molecule has 5 aromatic rings. The Labute approximate surface area is 168 Å². The molecule has 0 saturated carbocycles. The highest BCUT2D eigenvalue weighted by Gasteiger charge is 2.12. The van der Waals surface area contributed by atoms with Crippen LogP contribution in [0.1, 0.15) is 5.76 Å². The van der Waals surface area contributed by atoms with Crippen LogP contribution in [-0.2, 0) is 10.0 Å². The summed E-state index contributed by atoms with van der Waals surface area (Å²) in [6, 6.07) is 17.1. The Hall–Kier alpha value is -3.27. The van der Waals surface area contributed by atoms with Crippen molar-refractivity contribution in [2.75, 3.05) is 0 Å². The normalized spacial score (nSPS) is 12.9. The number of benzene rings is 2. The Morgan fingerprint density at radius 2 is 1.79 bits per heavy atom. The van der Waals surface area contributed by atoms with Crippen LogP contribution in [0.2, 0.25) is 0 Å². The monoisotopic (exact) mass is 423 g/mol. The van der Waals surface area contributed by atoms with Gasteiger partial charge in [-0.1, -0.05) is 23.5 Å². The number of hydrogen-bond donors (Lipinski definition) is 1. The molecule has 2 aromatic carbocycles. The predicted octanol–water partition coefficient (Wildman–Crippen LogP) is 2.36. The van der Waals surface area contributed by atoms with Crippen LogP contribution in [-0.4, -0.2) is 17.8 Å². The van der Waals surface area contributed by atoms with Crippen molar-refractivity contribution in [1.29, 1.82) is 0 Å². The molecular formula is C20H13N3O4S2. The van der Waals surface area contributed by atoms with E-state index in [-0.39, 0.29) is 10.5 Å². The van der Waals surface area contributed by atoms with Gasteiger partial charge in [-0.3, -0.25) is 4.79 Å². The van der Waals surface area contributed by atoms with E-state index >= 15 is 0 Å². The summed E-state index contributed by atoms with van der Waals surface area (Å²) in [4.78, 5) is 18.0. The van der Waals surface area contributed by atoms with E-state index in [1.54, 1.807) is 34.7 Å². The van der Waals surface area contributed by atoms with Crippen LogP contribution in [0.4, 0.5) is 0 Å². The average molecular weight is 423 g/mol. The van der Waals surface area contributed by atoms with Crippen LogP contribution in [0.25, 0.3) is 33.4 Å². The first-order valence-corrected chi connectivity index (χ1v) is 10.9. The van der Waals surface area contributed by atoms with Crippen molar-refractivity contribution >= 4 is 43.4 Å². The van der Waals surface area contributed by atoms with Crippen molar-refractivity contribution in [3.8, 4) is 11.3 Å². The Morgan fingerprint density at radius 1 is 1.03 bits per heavy atom. The van der Waals surface area contributed by atoms with Gasteiger partial charge in [0.2, 0.25) is 10.0 Å². The number of rotatable bonds is 3. The van der Waals surface area contributed by atoms with Gasteiger partial charge in [-0.05, 0) is 48.5 Å². The summed E-state index contributed by atoms with van der Waals surface area (Å²) in [6.07, 6.45) is 1.68. The minimum Gasteiger partial charge on any atom is -0.457 e. The van der Waals surface area contributed by atoms with E-state index in [9.17, 15) is 13.2 Å². The molecule has 5 rings (SSSR count). The molecule has 0 amide bonds. The first-order valence-electron chi connectivity index (χ1n) is 8.55. The van der Waals surface area contributed by atoms with E-state index in [0.29, 0.717) is 26.6 Å². The van der Waals surface area contributed by atoms with Crippen LogP contribution >= 0.6 is 11.3 Å². The SMILES string of the molecule is NS(=O)(=O)c1ccc(-c2ccc(/C=c3\sc4nc5ccccc5n4c3=O)o2)cc1. The van der Waals surface area contributed by atoms with E-state index in [4.69, 9.17) is 9.56 Å². The van der Waals surface area contributed by atoms with Crippen molar-refractivity contribution in [3.05, 3.63) is 81.3 Å². The zero-order valence-corrected chi connectivity index (χ0v) is 16.4. The second-order valence-corrected chi connectivity index (χ2v) is 8.98. The van der Waals surface area contributed by atoms with Gasteiger partial charge in [-0.15, -0.1) is 0 Å². The Morgan fingerprint density at radius 3 is 2.55 bits per heavy atom. The van der Waals surface area contributed by atoms with Crippen LogP contribution in [0.15, 0.2) is 74.8 Å². The molecule has 3 aromatic heterocycles. The maximum atomic E-state index is 12.8. The summed E-state index contributed by atoms with van der Waals surface area (Å²) in [5.41, 5.74) is 2.12. The molecule has 3 heterocycles. The molecule has 7 nitrogen and oxygen atoms in total. The zero-order chi connectivity index (χ0) is 20.2. The van der Waals surface area contributed by atoms with Gasteiger partial charge in [0, 0.05) is 11.6 Å². The van der Waals surface area contributed by atoms with Crippen molar-refractivity contribution in [2.45, 2.75) is 4.90 Å². The van der Waals surface area contributed by atoms with Gasteiger partial charge in [-0.25, -0.2) is 22.9 Å². The fourth-order valence-corrected chi connectivity index (χ4v) is 4.62. The lowest BCUT2D eigenvalue weighted by Crippen LogP contribution is -2.22. The number of para-hydroxylation sites is 2. The van der Waals surface area contributed by atoms with Gasteiger partial charge in [0.05, 0.1) is 15.9 Å². The van der Waals surface area contributed by atoms with Crippen LogP contribution in [0.3, 0.4) is 0 Å². The van der Waals surface area contributed by atoms with Gasteiger partial charge in [0.25, 0.3) is 5.56 Å². The smallest absolute Gasteiger partial charge is 0.275 e. The third kappa shape index (κ3) is 3.05.